The number of halogens is 1. The van der Waals surface area contributed by atoms with Gasteiger partial charge in [0.25, 0.3) is 5.91 Å². The molecule has 0 unspecified atom stereocenters. The molecule has 0 bridgehead atoms. The Balaban J connectivity index is 1.59. The molecule has 25 heavy (non-hydrogen) atoms. The smallest absolute Gasteiger partial charge is 0.270 e. The number of aromatic amines is 1. The Morgan fingerprint density at radius 1 is 1.36 bits per heavy atom. The van der Waals surface area contributed by atoms with E-state index in [1.807, 2.05) is 29.5 Å². The molecular weight excluding hydrogens is 319 g/mol. The van der Waals surface area contributed by atoms with Crippen LogP contribution in [0.25, 0.3) is 10.9 Å². The van der Waals surface area contributed by atoms with Gasteiger partial charge < -0.3 is 9.88 Å². The monoisotopic (exact) mass is 340 g/mol. The molecule has 3 heterocycles. The number of rotatable bonds is 3. The van der Waals surface area contributed by atoms with Gasteiger partial charge in [0.15, 0.2) is 0 Å². The minimum atomic E-state index is -0.312. The summed E-state index contributed by atoms with van der Waals surface area (Å²) in [4.78, 5) is 17.9. The summed E-state index contributed by atoms with van der Waals surface area (Å²) in [7, 11) is 0. The van der Waals surface area contributed by atoms with E-state index in [1.54, 1.807) is 18.2 Å². The number of hydrogen-bond acceptors (Lipinski definition) is 2. The number of carbonyl (C=O) groups excluding carboxylic acids is 1. The lowest BCUT2D eigenvalue weighted by Crippen LogP contribution is -2.38. The average Bonchev–Trinajstić information content (AvgIpc) is 3.27. The van der Waals surface area contributed by atoms with Gasteiger partial charge in [0.05, 0.1) is 18.3 Å². The van der Waals surface area contributed by atoms with Crippen molar-refractivity contribution in [1.29, 1.82) is 0 Å². The highest BCUT2D eigenvalue weighted by molar-refractivity contribution is 5.98. The average molecular weight is 340 g/mol. The molecule has 1 fully saturated rings. The van der Waals surface area contributed by atoms with Gasteiger partial charge in [0.1, 0.15) is 11.5 Å². The van der Waals surface area contributed by atoms with Crippen molar-refractivity contribution in [3.63, 3.8) is 0 Å². The van der Waals surface area contributed by atoms with Gasteiger partial charge in [-0.2, -0.15) is 5.10 Å². The Bertz CT molecular complexity index is 942. The van der Waals surface area contributed by atoms with Crippen molar-refractivity contribution < 1.29 is 9.18 Å². The lowest BCUT2D eigenvalue weighted by atomic mass is 10.2. The Kier molecular flexibility index (Phi) is 3.82. The Morgan fingerprint density at radius 2 is 2.20 bits per heavy atom. The number of aryl methyl sites for hydroxylation is 2. The van der Waals surface area contributed by atoms with E-state index < -0.39 is 0 Å². The predicted octanol–water partition coefficient (Wildman–Crippen LogP) is 3.43. The molecule has 1 amide bonds. The minimum Gasteiger partial charge on any atom is -0.350 e. The van der Waals surface area contributed by atoms with E-state index >= 15 is 0 Å². The SMILES string of the molecule is Cc1cc(C)n(C[C@@H]2CCCN2C(=O)c2cc3c(F)cccc3[nH]2)n1. The molecule has 4 rings (SSSR count). The van der Waals surface area contributed by atoms with Crippen molar-refractivity contribution >= 4 is 16.8 Å². The fraction of sp³-hybridized carbons (Fsp3) is 0.368. The van der Waals surface area contributed by atoms with Crippen LogP contribution in [0.3, 0.4) is 0 Å². The summed E-state index contributed by atoms with van der Waals surface area (Å²) in [5.41, 5.74) is 3.18. The first-order valence-corrected chi connectivity index (χ1v) is 8.62. The lowest BCUT2D eigenvalue weighted by Gasteiger charge is -2.24. The molecule has 130 valence electrons. The van der Waals surface area contributed by atoms with E-state index in [9.17, 15) is 9.18 Å². The largest absolute Gasteiger partial charge is 0.350 e. The van der Waals surface area contributed by atoms with E-state index in [0.717, 1.165) is 30.8 Å². The van der Waals surface area contributed by atoms with Crippen LogP contribution in [0.2, 0.25) is 0 Å². The molecule has 1 N–H and O–H groups in total. The van der Waals surface area contributed by atoms with Gasteiger partial charge in [-0.05, 0) is 51.0 Å². The summed E-state index contributed by atoms with van der Waals surface area (Å²) in [6.07, 6.45) is 1.93. The van der Waals surface area contributed by atoms with Gasteiger partial charge >= 0.3 is 0 Å². The summed E-state index contributed by atoms with van der Waals surface area (Å²) in [6.45, 7) is 5.42. The summed E-state index contributed by atoms with van der Waals surface area (Å²) < 4.78 is 15.9. The third-order valence-corrected chi connectivity index (χ3v) is 4.97. The van der Waals surface area contributed by atoms with Crippen LogP contribution in [0.5, 0.6) is 0 Å². The molecule has 0 spiro atoms. The van der Waals surface area contributed by atoms with Gasteiger partial charge in [-0.1, -0.05) is 6.07 Å². The van der Waals surface area contributed by atoms with Crippen LogP contribution in [-0.4, -0.2) is 38.2 Å². The van der Waals surface area contributed by atoms with Crippen LogP contribution in [0.4, 0.5) is 4.39 Å². The topological polar surface area (TPSA) is 53.9 Å². The van der Waals surface area contributed by atoms with Crippen LogP contribution in [-0.2, 0) is 6.54 Å². The maximum atomic E-state index is 13.9. The molecule has 0 radical (unpaired) electrons. The number of benzene rings is 1. The number of fused-ring (bicyclic) bond motifs is 1. The fourth-order valence-electron chi connectivity index (χ4n) is 3.74. The first-order chi connectivity index (χ1) is 12.0. The Morgan fingerprint density at radius 3 is 2.92 bits per heavy atom. The maximum absolute atomic E-state index is 13.9. The highest BCUT2D eigenvalue weighted by Crippen LogP contribution is 2.24. The zero-order valence-corrected chi connectivity index (χ0v) is 14.4. The fourth-order valence-corrected chi connectivity index (χ4v) is 3.74. The molecule has 6 heteroatoms. The van der Waals surface area contributed by atoms with Crippen LogP contribution < -0.4 is 0 Å². The summed E-state index contributed by atoms with van der Waals surface area (Å²) >= 11 is 0. The van der Waals surface area contributed by atoms with E-state index in [-0.39, 0.29) is 17.8 Å². The summed E-state index contributed by atoms with van der Waals surface area (Å²) in [5.74, 6) is -0.381. The van der Waals surface area contributed by atoms with Crippen molar-refractivity contribution in [1.82, 2.24) is 19.7 Å². The molecule has 1 aromatic carbocycles. The zero-order chi connectivity index (χ0) is 17.6. The molecule has 0 saturated carbocycles. The molecule has 1 atom stereocenters. The second-order valence-electron chi connectivity index (χ2n) is 6.79. The first kappa shape index (κ1) is 15.9. The maximum Gasteiger partial charge on any atom is 0.270 e. The summed E-state index contributed by atoms with van der Waals surface area (Å²) in [6, 6.07) is 8.61. The number of H-pyrrole nitrogens is 1. The van der Waals surface area contributed by atoms with Crippen molar-refractivity contribution in [2.45, 2.75) is 39.3 Å². The van der Waals surface area contributed by atoms with Gasteiger partial charge in [-0.15, -0.1) is 0 Å². The molecule has 2 aromatic heterocycles. The third kappa shape index (κ3) is 2.81. The van der Waals surface area contributed by atoms with Crippen LogP contribution in [0, 0.1) is 19.7 Å². The minimum absolute atomic E-state index is 0.0698. The number of nitrogens with one attached hydrogen (secondary N) is 1. The van der Waals surface area contributed by atoms with Gasteiger partial charge in [-0.25, -0.2) is 4.39 Å². The quantitative estimate of drug-likeness (QED) is 0.794. The molecule has 0 aliphatic carbocycles. The lowest BCUT2D eigenvalue weighted by molar-refractivity contribution is 0.0716. The zero-order valence-electron chi connectivity index (χ0n) is 14.4. The van der Waals surface area contributed by atoms with Crippen LogP contribution in [0.15, 0.2) is 30.3 Å². The second-order valence-corrected chi connectivity index (χ2v) is 6.79. The van der Waals surface area contributed by atoms with Crippen LogP contribution >= 0.6 is 0 Å². The summed E-state index contributed by atoms with van der Waals surface area (Å²) in [5, 5.41) is 4.97. The first-order valence-electron chi connectivity index (χ1n) is 8.62. The van der Waals surface area contributed by atoms with Crippen molar-refractivity contribution in [3.05, 3.63) is 53.2 Å². The number of carbonyl (C=O) groups is 1. The molecule has 1 aliphatic heterocycles. The third-order valence-electron chi connectivity index (χ3n) is 4.97. The van der Waals surface area contributed by atoms with Gasteiger partial charge in [0.2, 0.25) is 0 Å². The Hall–Kier alpha value is -2.63. The van der Waals surface area contributed by atoms with E-state index in [2.05, 4.69) is 10.1 Å². The van der Waals surface area contributed by atoms with E-state index in [1.165, 1.54) is 6.07 Å². The van der Waals surface area contributed by atoms with E-state index in [4.69, 9.17) is 0 Å². The Labute approximate surface area is 145 Å². The van der Waals surface area contributed by atoms with Gasteiger partial charge in [-0.3, -0.25) is 9.48 Å². The second kappa shape index (κ2) is 6.02. The molecule has 3 aromatic rings. The van der Waals surface area contributed by atoms with E-state index in [0.29, 0.717) is 23.1 Å². The number of nitrogens with zero attached hydrogens (tertiary/aromatic N) is 3. The molecule has 5 nitrogen and oxygen atoms in total. The van der Waals surface area contributed by atoms with Crippen LogP contribution in [0.1, 0.15) is 34.7 Å². The predicted molar refractivity (Wildman–Crippen MR) is 94.0 cm³/mol. The van der Waals surface area contributed by atoms with Gasteiger partial charge in [0, 0.05) is 23.1 Å². The molecule has 1 aliphatic rings. The van der Waals surface area contributed by atoms with Crippen molar-refractivity contribution in [2.75, 3.05) is 6.54 Å². The number of aromatic nitrogens is 3. The molecule has 1 saturated heterocycles. The number of amides is 1. The van der Waals surface area contributed by atoms with Crippen molar-refractivity contribution in [2.24, 2.45) is 0 Å². The number of hydrogen-bond donors (Lipinski definition) is 1. The normalized spacial score (nSPS) is 17.6. The number of likely N-dealkylation sites (tertiary alicyclic amines) is 1. The molecular formula is C19H21FN4O. The van der Waals surface area contributed by atoms with Crippen molar-refractivity contribution in [3.8, 4) is 0 Å². The standard InChI is InChI=1S/C19H21FN4O/c1-12-9-13(2)24(22-12)11-14-5-4-8-23(14)19(25)18-10-15-16(20)6-3-7-17(15)21-18/h3,6-7,9-10,14,21H,4-5,8,11H2,1-2H3/t14-/m0/s1. The highest BCUT2D eigenvalue weighted by atomic mass is 19.1. The highest BCUT2D eigenvalue weighted by Gasteiger charge is 2.31.